The lowest BCUT2D eigenvalue weighted by Crippen LogP contribution is -2.19. The van der Waals surface area contributed by atoms with Crippen LogP contribution in [0.1, 0.15) is 42.4 Å². The normalized spacial score (nSPS) is 11.0. The Morgan fingerprint density at radius 3 is 2.47 bits per heavy atom. The predicted molar refractivity (Wildman–Crippen MR) is 85.6 cm³/mol. The highest BCUT2D eigenvalue weighted by molar-refractivity contribution is 14.1. The van der Waals surface area contributed by atoms with E-state index >= 15 is 0 Å². The van der Waals surface area contributed by atoms with E-state index in [9.17, 15) is 4.79 Å². The first kappa shape index (κ1) is 14.2. The van der Waals surface area contributed by atoms with Crippen LogP contribution in [-0.2, 0) is 6.42 Å². The van der Waals surface area contributed by atoms with Crippen LogP contribution in [0.15, 0.2) is 29.1 Å². The van der Waals surface area contributed by atoms with Gasteiger partial charge >= 0.3 is 0 Å². The van der Waals surface area contributed by atoms with Crippen LogP contribution in [0.4, 0.5) is 0 Å². The molecule has 0 aliphatic carbocycles. The van der Waals surface area contributed by atoms with Crippen molar-refractivity contribution < 1.29 is 0 Å². The van der Waals surface area contributed by atoms with Gasteiger partial charge in [0.1, 0.15) is 5.82 Å². The number of hydrogen-bond acceptors (Lipinski definition) is 2. The minimum Gasteiger partial charge on any atom is -0.309 e. The number of halogens is 1. The molecule has 1 N–H and O–H groups in total. The fourth-order valence-corrected chi connectivity index (χ4v) is 2.77. The van der Waals surface area contributed by atoms with Crippen LogP contribution < -0.4 is 5.56 Å². The summed E-state index contributed by atoms with van der Waals surface area (Å²) in [5, 5.41) is 0. The van der Waals surface area contributed by atoms with Gasteiger partial charge in [-0.05, 0) is 41.0 Å². The van der Waals surface area contributed by atoms with Gasteiger partial charge in [-0.25, -0.2) is 4.98 Å². The maximum absolute atomic E-state index is 11.9. The van der Waals surface area contributed by atoms with Crippen LogP contribution in [0.5, 0.6) is 0 Å². The molecule has 0 unspecified atom stereocenters. The third-order valence-electron chi connectivity index (χ3n) is 2.98. The molecule has 0 spiro atoms. The SMILES string of the molecule is Cc1ccc(Cc2nc(C(C)C)c(I)c(=O)[nH]2)cc1. The third kappa shape index (κ3) is 3.43. The number of aromatic amines is 1. The summed E-state index contributed by atoms with van der Waals surface area (Å²) in [5.41, 5.74) is 3.23. The third-order valence-corrected chi connectivity index (χ3v) is 4.02. The first-order chi connectivity index (χ1) is 8.97. The highest BCUT2D eigenvalue weighted by atomic mass is 127. The zero-order chi connectivity index (χ0) is 14.0. The van der Waals surface area contributed by atoms with Crippen molar-refractivity contribution >= 4 is 22.6 Å². The second-order valence-electron chi connectivity index (χ2n) is 5.03. The average Bonchev–Trinajstić information content (AvgIpc) is 2.36. The van der Waals surface area contributed by atoms with Gasteiger partial charge in [0.25, 0.3) is 5.56 Å². The van der Waals surface area contributed by atoms with Gasteiger partial charge in [0, 0.05) is 6.42 Å². The van der Waals surface area contributed by atoms with Crippen LogP contribution >= 0.6 is 22.6 Å². The Labute approximate surface area is 126 Å². The zero-order valence-corrected chi connectivity index (χ0v) is 13.5. The molecule has 4 heteroatoms. The Hall–Kier alpha value is -1.17. The number of benzene rings is 1. The van der Waals surface area contributed by atoms with E-state index in [2.05, 4.69) is 77.6 Å². The number of aryl methyl sites for hydroxylation is 1. The second-order valence-corrected chi connectivity index (χ2v) is 6.11. The van der Waals surface area contributed by atoms with Crippen LogP contribution in [0.3, 0.4) is 0 Å². The summed E-state index contributed by atoms with van der Waals surface area (Å²) in [7, 11) is 0. The van der Waals surface area contributed by atoms with Crippen molar-refractivity contribution in [2.24, 2.45) is 0 Å². The smallest absolute Gasteiger partial charge is 0.264 e. The van der Waals surface area contributed by atoms with Crippen molar-refractivity contribution in [3.05, 3.63) is 60.8 Å². The quantitative estimate of drug-likeness (QED) is 0.845. The number of nitrogens with zero attached hydrogens (tertiary/aromatic N) is 1. The second kappa shape index (κ2) is 5.86. The zero-order valence-electron chi connectivity index (χ0n) is 11.3. The molecule has 0 atom stereocenters. The highest BCUT2D eigenvalue weighted by Gasteiger charge is 2.12. The van der Waals surface area contributed by atoms with Gasteiger partial charge in [-0.1, -0.05) is 43.7 Å². The van der Waals surface area contributed by atoms with Crippen molar-refractivity contribution in [1.82, 2.24) is 9.97 Å². The monoisotopic (exact) mass is 368 g/mol. The molecule has 0 aliphatic rings. The fraction of sp³-hybridized carbons (Fsp3) is 0.333. The maximum Gasteiger partial charge on any atom is 0.264 e. The predicted octanol–water partition coefficient (Wildman–Crippen LogP) is 3.40. The first-order valence-electron chi connectivity index (χ1n) is 6.31. The van der Waals surface area contributed by atoms with E-state index < -0.39 is 0 Å². The van der Waals surface area contributed by atoms with E-state index in [1.54, 1.807) is 0 Å². The van der Waals surface area contributed by atoms with Gasteiger partial charge in [-0.15, -0.1) is 0 Å². The number of hydrogen-bond donors (Lipinski definition) is 1. The van der Waals surface area contributed by atoms with E-state index in [4.69, 9.17) is 0 Å². The van der Waals surface area contributed by atoms with Crippen LogP contribution in [0.25, 0.3) is 0 Å². The molecule has 1 aromatic heterocycles. The molecule has 0 bridgehead atoms. The minimum absolute atomic E-state index is 0.0404. The molecule has 1 aromatic carbocycles. The molecule has 100 valence electrons. The molecule has 19 heavy (non-hydrogen) atoms. The Morgan fingerprint density at radius 2 is 1.89 bits per heavy atom. The summed E-state index contributed by atoms with van der Waals surface area (Å²) in [6.07, 6.45) is 0.659. The summed E-state index contributed by atoms with van der Waals surface area (Å²) in [6, 6.07) is 8.29. The molecule has 0 radical (unpaired) electrons. The van der Waals surface area contributed by atoms with E-state index in [-0.39, 0.29) is 11.5 Å². The summed E-state index contributed by atoms with van der Waals surface area (Å²) in [5.74, 6) is 0.990. The summed E-state index contributed by atoms with van der Waals surface area (Å²) >= 11 is 2.07. The molecular weight excluding hydrogens is 351 g/mol. The van der Waals surface area contributed by atoms with E-state index in [0.717, 1.165) is 17.1 Å². The number of H-pyrrole nitrogens is 1. The van der Waals surface area contributed by atoms with Crippen molar-refractivity contribution in [2.45, 2.75) is 33.1 Å². The van der Waals surface area contributed by atoms with E-state index in [1.807, 2.05) is 0 Å². The molecule has 2 aromatic rings. The van der Waals surface area contributed by atoms with E-state index in [1.165, 1.54) is 5.56 Å². The molecule has 0 saturated heterocycles. The van der Waals surface area contributed by atoms with Crippen molar-refractivity contribution in [1.29, 1.82) is 0 Å². The molecule has 3 nitrogen and oxygen atoms in total. The standard InChI is InChI=1S/C15H17IN2O/c1-9(2)14-13(16)15(19)18-12(17-14)8-11-6-4-10(3)5-7-11/h4-7,9H,8H2,1-3H3,(H,17,18,19). The van der Waals surface area contributed by atoms with Crippen molar-refractivity contribution in [2.75, 3.05) is 0 Å². The Kier molecular flexibility index (Phi) is 4.39. The minimum atomic E-state index is -0.0404. The Balaban J connectivity index is 2.35. The van der Waals surface area contributed by atoms with Gasteiger partial charge in [0.2, 0.25) is 0 Å². The van der Waals surface area contributed by atoms with E-state index in [0.29, 0.717) is 9.99 Å². The van der Waals surface area contributed by atoms with Crippen molar-refractivity contribution in [3.8, 4) is 0 Å². The highest BCUT2D eigenvalue weighted by Crippen LogP contribution is 2.16. The van der Waals surface area contributed by atoms with Crippen molar-refractivity contribution in [3.63, 3.8) is 0 Å². The maximum atomic E-state index is 11.9. The van der Waals surface area contributed by atoms with Crippen LogP contribution in [0, 0.1) is 10.5 Å². The summed E-state index contributed by atoms with van der Waals surface area (Å²) < 4.78 is 0.695. The topological polar surface area (TPSA) is 45.8 Å². The first-order valence-corrected chi connectivity index (χ1v) is 7.39. The summed E-state index contributed by atoms with van der Waals surface area (Å²) in [4.78, 5) is 19.4. The number of rotatable bonds is 3. The number of nitrogens with one attached hydrogen (secondary N) is 1. The van der Waals surface area contributed by atoms with Gasteiger partial charge < -0.3 is 4.98 Å². The lowest BCUT2D eigenvalue weighted by Gasteiger charge is -2.09. The Bertz CT molecular complexity index is 630. The van der Waals surface area contributed by atoms with Gasteiger partial charge in [0.05, 0.1) is 9.26 Å². The largest absolute Gasteiger partial charge is 0.309 e. The lowest BCUT2D eigenvalue weighted by molar-refractivity contribution is 0.774. The molecule has 0 fully saturated rings. The fourth-order valence-electron chi connectivity index (χ4n) is 1.89. The molecule has 0 saturated carbocycles. The van der Waals surface area contributed by atoms with Gasteiger partial charge in [-0.2, -0.15) is 0 Å². The van der Waals surface area contributed by atoms with Crippen LogP contribution in [-0.4, -0.2) is 9.97 Å². The molecule has 1 heterocycles. The Morgan fingerprint density at radius 1 is 1.26 bits per heavy atom. The van der Waals surface area contributed by atoms with Gasteiger partial charge in [-0.3, -0.25) is 4.79 Å². The number of aromatic nitrogens is 2. The average molecular weight is 368 g/mol. The molecular formula is C15H17IN2O. The molecule has 0 aliphatic heterocycles. The summed E-state index contributed by atoms with van der Waals surface area (Å²) in [6.45, 7) is 6.17. The van der Waals surface area contributed by atoms with Gasteiger partial charge in [0.15, 0.2) is 0 Å². The molecule has 0 amide bonds. The van der Waals surface area contributed by atoms with Crippen LogP contribution in [0.2, 0.25) is 0 Å². The molecule has 2 rings (SSSR count). The lowest BCUT2D eigenvalue weighted by atomic mass is 10.1.